The summed E-state index contributed by atoms with van der Waals surface area (Å²) < 4.78 is 326. The topological polar surface area (TPSA) is 102 Å². The third-order valence-corrected chi connectivity index (χ3v) is 24.1. The number of benzene rings is 12. The second-order valence-electron chi connectivity index (χ2n) is 40.0. The maximum absolute atomic E-state index is 12.8. The van der Waals surface area contributed by atoms with Gasteiger partial charge in [-0.25, -0.2) is 9.97 Å². The van der Waals surface area contributed by atoms with Gasteiger partial charge in [0.15, 0.2) is 0 Å². The molecular formula is C124H136N6O2Pt2-2. The number of hydrogen-bond acceptors (Lipinski definition) is 6. The van der Waals surface area contributed by atoms with E-state index in [4.69, 9.17) is 59.3 Å². The molecule has 2 N–H and O–H groups in total. The molecule has 0 saturated carbocycles. The number of nitrogens with zero attached hydrogens (tertiary/aromatic N) is 6. The summed E-state index contributed by atoms with van der Waals surface area (Å²) in [6.07, 6.45) is 0.735. The van der Waals surface area contributed by atoms with E-state index in [0.717, 1.165) is 36.1 Å². The van der Waals surface area contributed by atoms with Gasteiger partial charge in [0, 0.05) is 113 Å². The zero-order chi connectivity index (χ0) is 127. The molecule has 4 heterocycles. The maximum atomic E-state index is 12.8. The predicted molar refractivity (Wildman–Crippen MR) is 561 cm³/mol. The molecule has 0 fully saturated rings. The van der Waals surface area contributed by atoms with Gasteiger partial charge in [-0.05, 0) is 233 Å². The minimum Gasteiger partial charge on any atom is -0.507 e. The standard InChI is InChI=1S/2C62H68N3O.2Pt/c2*1-37(2)44-28-45(38(3)4)30-46(29-44)42-23-24-55(40(6)27-42)65-56-18-16-17-51(57(56)64-59(65)52-35-50(61(10,11)12)36-53(58(52)66)62(13,14)15)47-31-48(33-49(32-47)60(7,8)9)54-34-43(25-26-63-54)41-21-19-39(5)20-22-41;;/h2*16-30,32-38,66H,1-15H3;;/q2*-1;;/i5D3,6D3,13D3,14D3,19D,20D,21D,22D,25D,26D,34D,37D;5D3,6D3,13D3,14D3,19D,20D,21D,22D,37D;;. The van der Waals surface area contributed by atoms with E-state index in [1.807, 2.05) is 159 Å². The number of para-hydroxylation sites is 2. The summed E-state index contributed by atoms with van der Waals surface area (Å²) in [5.74, 6) is -3.47. The Balaban J connectivity index is 0.000000277. The number of fused-ring (bicyclic) bond motifs is 2. The molecule has 0 aliphatic rings. The normalized spacial score (nSPS) is 17.2. The third kappa shape index (κ3) is 21.1. The van der Waals surface area contributed by atoms with Crippen molar-refractivity contribution >= 4 is 22.1 Å². The Bertz CT molecular complexity index is 8840. The van der Waals surface area contributed by atoms with Crippen LogP contribution in [0.3, 0.4) is 0 Å². The third-order valence-electron chi connectivity index (χ3n) is 24.1. The van der Waals surface area contributed by atoms with Crippen LogP contribution < -0.4 is 0 Å². The van der Waals surface area contributed by atoms with Gasteiger partial charge in [-0.3, -0.25) is 19.1 Å². The van der Waals surface area contributed by atoms with Crippen molar-refractivity contribution < 1.29 is 103 Å². The molecule has 0 unspecified atom stereocenters. The number of pyridine rings is 2. The van der Waals surface area contributed by atoms with Gasteiger partial charge in [-0.1, -0.05) is 358 Å². The van der Waals surface area contributed by atoms with Crippen LogP contribution in [0.15, 0.2) is 243 Å². The molecule has 0 spiro atoms. The summed E-state index contributed by atoms with van der Waals surface area (Å²) in [6.45, 7) is 15.7. The second-order valence-corrected chi connectivity index (χ2v) is 40.0. The van der Waals surface area contributed by atoms with Gasteiger partial charge in [0.05, 0.1) is 59.6 Å². The molecule has 0 radical (unpaired) electrons. The van der Waals surface area contributed by atoms with Crippen molar-refractivity contribution in [1.82, 2.24) is 29.1 Å². The van der Waals surface area contributed by atoms with Crippen LogP contribution in [0.2, 0.25) is 0 Å². The van der Waals surface area contributed by atoms with E-state index in [2.05, 4.69) is 22.1 Å². The second kappa shape index (κ2) is 38.6. The zero-order valence-corrected chi connectivity index (χ0v) is 84.2. The first-order chi connectivity index (χ1) is 77.0. The van der Waals surface area contributed by atoms with Crippen LogP contribution in [0, 0.1) is 39.5 Å². The molecule has 10 heteroatoms. The smallest absolute Gasteiger partial charge is 0.148 e. The van der Waals surface area contributed by atoms with Gasteiger partial charge in [0.2, 0.25) is 0 Å². The van der Waals surface area contributed by atoms with Crippen molar-refractivity contribution in [1.29, 1.82) is 0 Å². The Kier molecular flexibility index (Phi) is 17.8. The minimum absolute atomic E-state index is 0. The van der Waals surface area contributed by atoms with Crippen molar-refractivity contribution in [3.8, 4) is 135 Å². The van der Waals surface area contributed by atoms with E-state index in [-0.39, 0.29) is 144 Å². The minimum atomic E-state index is -3.22. The molecule has 0 amide bonds. The summed E-state index contributed by atoms with van der Waals surface area (Å²) in [7, 11) is 0. The first-order valence-electron chi connectivity index (χ1n) is 62.7. The molecule has 0 aliphatic carbocycles. The van der Waals surface area contributed by atoms with E-state index < -0.39 is 205 Å². The molecule has 16 rings (SSSR count). The van der Waals surface area contributed by atoms with Crippen LogP contribution in [0.5, 0.6) is 11.5 Å². The van der Waals surface area contributed by atoms with Crippen molar-refractivity contribution in [2.24, 2.45) is 0 Å². The summed E-state index contributed by atoms with van der Waals surface area (Å²) in [6, 6.07) is 47.8. The largest absolute Gasteiger partial charge is 0.507 e. The van der Waals surface area contributed by atoms with Gasteiger partial charge < -0.3 is 10.2 Å². The van der Waals surface area contributed by atoms with Crippen LogP contribution >= 0.6 is 0 Å². The molecule has 0 saturated heterocycles. The molecule has 0 aliphatic heterocycles. The van der Waals surface area contributed by atoms with Gasteiger partial charge >= 0.3 is 0 Å². The van der Waals surface area contributed by atoms with E-state index in [9.17, 15) is 11.6 Å². The Morgan fingerprint density at radius 3 is 1.13 bits per heavy atom. The fraction of sp³-hybridized carbons (Fsp3) is 0.323. The Hall–Kier alpha value is -11.1. The number of aromatic nitrogens is 6. The Morgan fingerprint density at radius 1 is 0.351 bits per heavy atom. The number of phenolic OH excluding ortho intramolecular Hbond substituents is 2. The summed E-state index contributed by atoms with van der Waals surface area (Å²) >= 11 is 0. The fourth-order valence-electron chi connectivity index (χ4n) is 16.2. The SMILES string of the molecule is [2H]c1c([2H])c(C([2H])([2H])[2H])c([2H])c([2H])c1-c1ccnc(-c2[c-]c(-c3cccc4c3nc(-c3cc(C(C)(C)C)cc(C(C)(C([2H])([2H])[2H])C([2H])([2H])[2H])c3O)n4-c3ccc(-c4cc(C(C)C)cc(C([2H])(C)C)c4)cc3C([2H])([2H])[2H])cc(C(C)(C)C)c2)c1.[2H]c1nc(-c2[c-]c(-c3cccc4c3nc(-c3cc(C(C)(C)C)cc(C(C)(C([2H])([2H])[2H])C([2H])([2H])[2H])c3O)n4-c3ccc(-c4cc(C(C)C)cc(C([2H])(C)C)c4)cc3C([2H])([2H])[2H])cc(C(C)(C)C)c2)c([2H])c(-c2c([2H])c([2H])c(C([2H])([2H])[2H])c([2H])c2[2H])c1[2H].[Pt].[Pt]. The molecule has 16 aromatic rings. The Labute approximate surface area is 880 Å². The van der Waals surface area contributed by atoms with Crippen LogP contribution in [0.4, 0.5) is 0 Å². The summed E-state index contributed by atoms with van der Waals surface area (Å²) in [4.78, 5) is 19.6. The monoisotopic (exact) mass is 2170 g/mol. The van der Waals surface area contributed by atoms with Crippen molar-refractivity contribution in [2.75, 3.05) is 0 Å². The molecule has 0 bridgehead atoms. The quantitative estimate of drug-likeness (QED) is 0.0935. The average Bonchev–Trinajstić information content (AvgIpc) is 1.30. The molecule has 0 atom stereocenters. The van der Waals surface area contributed by atoms with Crippen molar-refractivity contribution in [3.63, 3.8) is 0 Å². The predicted octanol–water partition coefficient (Wildman–Crippen LogP) is 34.0. The molecular weight excluding hydrogens is 2000 g/mol. The average molecular weight is 2170 g/mol. The van der Waals surface area contributed by atoms with Crippen molar-refractivity contribution in [2.45, 2.75) is 263 Å². The van der Waals surface area contributed by atoms with Gasteiger partial charge in [0.25, 0.3) is 0 Å². The zero-order valence-electron chi connectivity index (χ0n) is 117. The number of phenols is 2. The number of aromatic hydroxyl groups is 2. The molecule has 134 heavy (non-hydrogen) atoms. The van der Waals surface area contributed by atoms with Crippen LogP contribution in [-0.2, 0) is 74.6 Å². The number of imidazole rings is 2. The first-order valence-corrected chi connectivity index (χ1v) is 44.2. The molecule has 4 aromatic heterocycles. The summed E-state index contributed by atoms with van der Waals surface area (Å²) in [5.41, 5.74) is -0.614. The first kappa shape index (κ1) is 61.8. The Morgan fingerprint density at radius 2 is 0.739 bits per heavy atom. The van der Waals surface area contributed by atoms with Gasteiger partial charge in [0.1, 0.15) is 23.1 Å². The number of rotatable bonds is 16. The van der Waals surface area contributed by atoms with Crippen LogP contribution in [0.1, 0.15) is 332 Å². The van der Waals surface area contributed by atoms with E-state index in [1.165, 1.54) is 29.0 Å². The van der Waals surface area contributed by atoms with Gasteiger partial charge in [-0.15, -0.1) is 58.7 Å². The fourth-order valence-corrected chi connectivity index (χ4v) is 16.2. The van der Waals surface area contributed by atoms with Gasteiger partial charge in [-0.2, -0.15) is 0 Å². The van der Waals surface area contributed by atoms with Crippen LogP contribution in [-0.4, -0.2) is 39.3 Å². The van der Waals surface area contributed by atoms with E-state index >= 15 is 0 Å². The molecule has 12 aromatic carbocycles. The summed E-state index contributed by atoms with van der Waals surface area (Å²) in [5, 5.41) is 25.6. The molecule has 696 valence electrons. The van der Waals surface area contributed by atoms with E-state index in [1.54, 1.807) is 135 Å². The van der Waals surface area contributed by atoms with Crippen molar-refractivity contribution in [3.05, 3.63) is 333 Å². The van der Waals surface area contributed by atoms with E-state index in [0.29, 0.717) is 83.5 Å². The number of aryl methyl sites for hydroxylation is 2. The molecule has 8 nitrogen and oxygen atoms in total. The maximum Gasteiger partial charge on any atom is 0.148 e. The van der Waals surface area contributed by atoms with Crippen LogP contribution in [0.25, 0.3) is 145 Å². The number of hydrogen-bond donors (Lipinski definition) is 2.